The molecule has 0 saturated heterocycles. The van der Waals surface area contributed by atoms with Crippen LogP contribution in [0.5, 0.6) is 0 Å². The van der Waals surface area contributed by atoms with Gasteiger partial charge in [-0.1, -0.05) is 62.9 Å². The normalized spacial score (nSPS) is 14.7. The van der Waals surface area contributed by atoms with Crippen LogP contribution in [0.15, 0.2) is 54.9 Å². The minimum Gasteiger partial charge on any atom is -0.479 e. The number of carbonyl (C=O) groups is 2. The SMILES string of the molecule is CCCCC(=O)N(Cc1ccc(-c2cc(-c3cnn(C)c3)ccc2-c2nn[nH]n2)cc1)C1(C(=O)O)CCCCC1. The Hall–Kier alpha value is -4.34. The lowest BCUT2D eigenvalue weighted by Gasteiger charge is -2.43. The van der Waals surface area contributed by atoms with Crippen LogP contribution in [-0.2, 0) is 23.2 Å². The van der Waals surface area contributed by atoms with Crippen molar-refractivity contribution in [2.75, 3.05) is 0 Å². The van der Waals surface area contributed by atoms with Crippen LogP contribution in [0, 0.1) is 0 Å². The Kier molecular flexibility index (Phi) is 8.04. The lowest BCUT2D eigenvalue weighted by atomic mass is 9.79. The molecular formula is C30H35N7O3. The zero-order valence-electron chi connectivity index (χ0n) is 23.0. The largest absolute Gasteiger partial charge is 0.479 e. The molecule has 0 aliphatic heterocycles. The van der Waals surface area contributed by atoms with Crippen LogP contribution in [0.25, 0.3) is 33.6 Å². The number of carbonyl (C=O) groups excluding carboxylic acids is 1. The molecule has 2 aromatic carbocycles. The van der Waals surface area contributed by atoms with E-state index in [0.717, 1.165) is 65.5 Å². The van der Waals surface area contributed by atoms with Crippen molar-refractivity contribution < 1.29 is 14.7 Å². The molecule has 0 bridgehead atoms. The summed E-state index contributed by atoms with van der Waals surface area (Å²) in [5.41, 5.74) is 4.46. The first-order valence-corrected chi connectivity index (χ1v) is 13.9. The second-order valence-corrected chi connectivity index (χ2v) is 10.6. The Morgan fingerprint density at radius 3 is 2.40 bits per heavy atom. The topological polar surface area (TPSA) is 130 Å². The summed E-state index contributed by atoms with van der Waals surface area (Å²) >= 11 is 0. The molecule has 0 radical (unpaired) electrons. The fourth-order valence-corrected chi connectivity index (χ4v) is 5.65. The number of tetrazole rings is 1. The molecule has 0 atom stereocenters. The van der Waals surface area contributed by atoms with E-state index < -0.39 is 11.5 Å². The van der Waals surface area contributed by atoms with Crippen molar-refractivity contribution in [3.8, 4) is 33.6 Å². The molecule has 4 aromatic rings. The summed E-state index contributed by atoms with van der Waals surface area (Å²) in [4.78, 5) is 27.6. The summed E-state index contributed by atoms with van der Waals surface area (Å²) in [5, 5.41) is 29.3. The van der Waals surface area contributed by atoms with E-state index in [1.54, 1.807) is 9.58 Å². The van der Waals surface area contributed by atoms with Crippen LogP contribution in [0.1, 0.15) is 63.9 Å². The predicted octanol–water partition coefficient (Wildman–Crippen LogP) is 5.24. The Balaban J connectivity index is 1.49. The standard InChI is InChI=1S/C30H35N7O3/c1-3-4-8-27(38)37(30(29(39)40)15-6-5-7-16-30)19-21-9-11-22(12-10-21)26-17-23(24-18-31-36(2)20-24)13-14-25(26)28-32-34-35-33-28/h9-14,17-18,20H,3-8,15-16,19H2,1-2H3,(H,39,40)(H,32,33,34,35). The monoisotopic (exact) mass is 541 g/mol. The maximum Gasteiger partial charge on any atom is 0.329 e. The summed E-state index contributed by atoms with van der Waals surface area (Å²) in [6.07, 6.45) is 9.39. The van der Waals surface area contributed by atoms with Crippen molar-refractivity contribution in [3.63, 3.8) is 0 Å². The maximum atomic E-state index is 13.4. The zero-order chi connectivity index (χ0) is 28.1. The number of nitrogens with zero attached hydrogens (tertiary/aromatic N) is 6. The van der Waals surface area contributed by atoms with Gasteiger partial charge >= 0.3 is 5.97 Å². The van der Waals surface area contributed by atoms with Gasteiger partial charge in [0.1, 0.15) is 5.54 Å². The van der Waals surface area contributed by atoms with E-state index in [1.807, 2.05) is 62.8 Å². The van der Waals surface area contributed by atoms with Crippen LogP contribution >= 0.6 is 0 Å². The Morgan fingerprint density at radius 2 is 1.77 bits per heavy atom. The van der Waals surface area contributed by atoms with E-state index in [9.17, 15) is 14.7 Å². The van der Waals surface area contributed by atoms with Gasteiger partial charge in [-0.25, -0.2) is 4.79 Å². The summed E-state index contributed by atoms with van der Waals surface area (Å²) in [5.74, 6) is -0.491. The average molecular weight is 542 g/mol. The number of aliphatic carboxylic acids is 1. The molecule has 10 heteroatoms. The van der Waals surface area contributed by atoms with E-state index in [4.69, 9.17) is 0 Å². The Bertz CT molecular complexity index is 1450. The number of carboxylic acids is 1. The highest BCUT2D eigenvalue weighted by molar-refractivity contribution is 5.87. The lowest BCUT2D eigenvalue weighted by molar-refractivity contribution is -0.163. The third-order valence-corrected chi connectivity index (χ3v) is 7.89. The quantitative estimate of drug-likeness (QED) is 0.281. The van der Waals surface area contributed by atoms with Gasteiger partial charge in [-0.3, -0.25) is 9.48 Å². The van der Waals surface area contributed by atoms with Crippen LogP contribution in [0.3, 0.4) is 0 Å². The summed E-state index contributed by atoms with van der Waals surface area (Å²) < 4.78 is 1.76. The van der Waals surface area contributed by atoms with Crippen molar-refractivity contribution in [1.29, 1.82) is 0 Å². The number of hydrogen-bond acceptors (Lipinski definition) is 6. The van der Waals surface area contributed by atoms with Gasteiger partial charge in [0.05, 0.1) is 6.20 Å². The number of carboxylic acid groups (broad SMARTS) is 1. The van der Waals surface area contributed by atoms with E-state index in [2.05, 4.69) is 31.8 Å². The van der Waals surface area contributed by atoms with E-state index in [0.29, 0.717) is 25.1 Å². The highest BCUT2D eigenvalue weighted by atomic mass is 16.4. The molecule has 2 N–H and O–H groups in total. The minimum absolute atomic E-state index is 0.0845. The first kappa shape index (κ1) is 27.2. The Morgan fingerprint density at radius 1 is 1.02 bits per heavy atom. The number of hydrogen-bond donors (Lipinski definition) is 2. The van der Waals surface area contributed by atoms with Crippen LogP contribution in [0.4, 0.5) is 0 Å². The van der Waals surface area contributed by atoms with Gasteiger partial charge in [0.25, 0.3) is 0 Å². The molecule has 1 aliphatic carbocycles. The Labute approximate surface area is 233 Å². The highest BCUT2D eigenvalue weighted by Crippen LogP contribution is 2.37. The summed E-state index contributed by atoms with van der Waals surface area (Å²) in [7, 11) is 1.88. The van der Waals surface area contributed by atoms with Gasteiger partial charge in [0, 0.05) is 37.3 Å². The maximum absolute atomic E-state index is 13.4. The highest BCUT2D eigenvalue weighted by Gasteiger charge is 2.46. The predicted molar refractivity (Wildman–Crippen MR) is 151 cm³/mol. The van der Waals surface area contributed by atoms with Crippen LogP contribution in [-0.4, -0.2) is 57.8 Å². The molecule has 2 aromatic heterocycles. The van der Waals surface area contributed by atoms with Gasteiger partial charge in [-0.05, 0) is 58.9 Å². The fourth-order valence-electron chi connectivity index (χ4n) is 5.65. The van der Waals surface area contributed by atoms with Gasteiger partial charge in [0.15, 0.2) is 0 Å². The molecule has 1 fully saturated rings. The van der Waals surface area contributed by atoms with Gasteiger partial charge < -0.3 is 10.0 Å². The number of benzene rings is 2. The third kappa shape index (κ3) is 5.52. The summed E-state index contributed by atoms with van der Waals surface area (Å²) in [6.45, 7) is 2.30. The second kappa shape index (κ2) is 11.8. The molecule has 40 heavy (non-hydrogen) atoms. The number of rotatable bonds is 10. The van der Waals surface area contributed by atoms with Crippen LogP contribution < -0.4 is 0 Å². The van der Waals surface area contributed by atoms with Gasteiger partial charge in [-0.15, -0.1) is 10.2 Å². The molecular weight excluding hydrogens is 506 g/mol. The first-order chi connectivity index (χ1) is 19.4. The molecule has 1 saturated carbocycles. The van der Waals surface area contributed by atoms with E-state index in [1.165, 1.54) is 0 Å². The number of nitrogens with one attached hydrogen (secondary N) is 1. The molecule has 1 aliphatic rings. The molecule has 0 spiro atoms. The van der Waals surface area contributed by atoms with Crippen molar-refractivity contribution in [2.24, 2.45) is 7.05 Å². The molecule has 208 valence electrons. The number of H-pyrrole nitrogens is 1. The number of aromatic nitrogens is 6. The number of aryl methyl sites for hydroxylation is 1. The van der Waals surface area contributed by atoms with Gasteiger partial charge in [-0.2, -0.15) is 10.3 Å². The van der Waals surface area contributed by atoms with E-state index in [-0.39, 0.29) is 12.5 Å². The molecule has 0 unspecified atom stereocenters. The summed E-state index contributed by atoms with van der Waals surface area (Å²) in [6, 6.07) is 14.0. The lowest BCUT2D eigenvalue weighted by Crippen LogP contribution is -2.57. The van der Waals surface area contributed by atoms with Gasteiger partial charge in [0.2, 0.25) is 11.7 Å². The zero-order valence-corrected chi connectivity index (χ0v) is 23.0. The number of amides is 1. The third-order valence-electron chi connectivity index (χ3n) is 7.89. The second-order valence-electron chi connectivity index (χ2n) is 10.6. The molecule has 10 nitrogen and oxygen atoms in total. The number of unbranched alkanes of at least 4 members (excludes halogenated alkanes) is 1. The van der Waals surface area contributed by atoms with Crippen molar-refractivity contribution >= 4 is 11.9 Å². The number of aromatic amines is 1. The molecule has 5 rings (SSSR count). The minimum atomic E-state index is -1.15. The molecule has 1 amide bonds. The first-order valence-electron chi connectivity index (χ1n) is 13.9. The fraction of sp³-hybridized carbons (Fsp3) is 0.400. The smallest absolute Gasteiger partial charge is 0.329 e. The van der Waals surface area contributed by atoms with Crippen molar-refractivity contribution in [2.45, 2.75) is 70.4 Å². The van der Waals surface area contributed by atoms with E-state index >= 15 is 0 Å². The van der Waals surface area contributed by atoms with Crippen LogP contribution in [0.2, 0.25) is 0 Å². The molecule has 2 heterocycles. The van der Waals surface area contributed by atoms with Crippen molar-refractivity contribution in [3.05, 3.63) is 60.4 Å². The van der Waals surface area contributed by atoms with Crippen molar-refractivity contribution in [1.82, 2.24) is 35.3 Å². The average Bonchev–Trinajstić information content (AvgIpc) is 3.67.